The van der Waals surface area contributed by atoms with E-state index in [-0.39, 0.29) is 17.9 Å². The summed E-state index contributed by atoms with van der Waals surface area (Å²) in [5.74, 6) is 1.55. The number of ether oxygens (including phenoxy) is 2. The number of fused-ring (bicyclic) bond motifs is 1. The van der Waals surface area contributed by atoms with Crippen LogP contribution in [0.5, 0.6) is 11.5 Å². The van der Waals surface area contributed by atoms with Crippen molar-refractivity contribution in [3.8, 4) is 11.5 Å². The molecule has 0 aliphatic carbocycles. The molecule has 1 aromatic heterocycles. The van der Waals surface area contributed by atoms with Crippen LogP contribution in [-0.2, 0) is 18.3 Å². The second-order valence-electron chi connectivity index (χ2n) is 6.80. The zero-order valence-electron chi connectivity index (χ0n) is 14.6. The van der Waals surface area contributed by atoms with Gasteiger partial charge < -0.3 is 14.4 Å². The highest BCUT2D eigenvalue weighted by atomic mass is 16.5. The third-order valence-electron chi connectivity index (χ3n) is 5.17. The molecule has 6 nitrogen and oxygen atoms in total. The molecule has 2 aromatic rings. The number of para-hydroxylation sites is 1. The van der Waals surface area contributed by atoms with Gasteiger partial charge in [-0.3, -0.25) is 9.48 Å². The summed E-state index contributed by atoms with van der Waals surface area (Å²) in [5.41, 5.74) is 2.16. The van der Waals surface area contributed by atoms with Crippen molar-refractivity contribution in [1.29, 1.82) is 0 Å². The van der Waals surface area contributed by atoms with Gasteiger partial charge in [-0.05, 0) is 30.9 Å². The van der Waals surface area contributed by atoms with Gasteiger partial charge in [0.25, 0.3) is 0 Å². The number of methoxy groups -OCH3 is 1. The number of hydrogen-bond donors (Lipinski definition) is 0. The van der Waals surface area contributed by atoms with E-state index in [0.29, 0.717) is 13.0 Å². The molecule has 2 atom stereocenters. The number of hydrogen-bond acceptors (Lipinski definition) is 4. The Bertz CT molecular complexity index is 786. The lowest BCUT2D eigenvalue weighted by atomic mass is 9.94. The molecule has 25 heavy (non-hydrogen) atoms. The Balaban J connectivity index is 1.53. The first-order chi connectivity index (χ1) is 12.2. The van der Waals surface area contributed by atoms with Crippen molar-refractivity contribution in [2.45, 2.75) is 25.3 Å². The summed E-state index contributed by atoms with van der Waals surface area (Å²) in [6.07, 6.45) is 6.60. The number of likely N-dealkylation sites (tertiary alicyclic amines) is 1. The molecule has 2 aliphatic rings. The topological polar surface area (TPSA) is 56.6 Å². The number of benzene rings is 1. The van der Waals surface area contributed by atoms with Crippen molar-refractivity contribution in [2.75, 3.05) is 20.3 Å². The maximum absolute atomic E-state index is 13.1. The van der Waals surface area contributed by atoms with Gasteiger partial charge in [-0.2, -0.15) is 5.10 Å². The number of aryl methyl sites for hydroxylation is 1. The molecule has 132 valence electrons. The van der Waals surface area contributed by atoms with Crippen LogP contribution in [0.4, 0.5) is 0 Å². The highest BCUT2D eigenvalue weighted by molar-refractivity contribution is 5.80. The molecule has 1 amide bonds. The van der Waals surface area contributed by atoms with E-state index >= 15 is 0 Å². The highest BCUT2D eigenvalue weighted by Crippen LogP contribution is 2.38. The SMILES string of the molecule is COc1cccc2c1OC[C@@H](C(=O)N1CCC[C@@H]1c1cnn(C)c1)C2. The number of rotatable bonds is 3. The summed E-state index contributed by atoms with van der Waals surface area (Å²) in [6.45, 7) is 1.21. The molecule has 1 aromatic carbocycles. The van der Waals surface area contributed by atoms with Crippen molar-refractivity contribution < 1.29 is 14.3 Å². The minimum atomic E-state index is -0.142. The van der Waals surface area contributed by atoms with E-state index in [4.69, 9.17) is 9.47 Å². The zero-order valence-corrected chi connectivity index (χ0v) is 14.6. The van der Waals surface area contributed by atoms with Gasteiger partial charge in [0.05, 0.1) is 25.3 Å². The third-order valence-corrected chi connectivity index (χ3v) is 5.17. The van der Waals surface area contributed by atoms with Crippen molar-refractivity contribution in [1.82, 2.24) is 14.7 Å². The fourth-order valence-corrected chi connectivity index (χ4v) is 3.94. The summed E-state index contributed by atoms with van der Waals surface area (Å²) in [6, 6.07) is 5.98. The molecular weight excluding hydrogens is 318 g/mol. The van der Waals surface area contributed by atoms with Crippen LogP contribution in [0.3, 0.4) is 0 Å². The van der Waals surface area contributed by atoms with E-state index in [1.165, 1.54) is 0 Å². The molecule has 0 radical (unpaired) electrons. The van der Waals surface area contributed by atoms with E-state index in [2.05, 4.69) is 5.10 Å². The van der Waals surface area contributed by atoms with E-state index in [0.717, 1.165) is 42.0 Å². The molecule has 0 saturated carbocycles. The maximum atomic E-state index is 13.1. The highest BCUT2D eigenvalue weighted by Gasteiger charge is 2.37. The molecule has 4 rings (SSSR count). The first-order valence-electron chi connectivity index (χ1n) is 8.75. The first-order valence-corrected chi connectivity index (χ1v) is 8.75. The average molecular weight is 341 g/mol. The zero-order chi connectivity index (χ0) is 17.4. The summed E-state index contributed by atoms with van der Waals surface area (Å²) in [4.78, 5) is 15.2. The lowest BCUT2D eigenvalue weighted by Gasteiger charge is -2.31. The molecule has 2 aliphatic heterocycles. The Morgan fingerprint density at radius 1 is 1.40 bits per heavy atom. The van der Waals surface area contributed by atoms with Crippen LogP contribution >= 0.6 is 0 Å². The largest absolute Gasteiger partial charge is 0.493 e. The van der Waals surface area contributed by atoms with E-state index in [1.54, 1.807) is 11.8 Å². The van der Waals surface area contributed by atoms with Crippen LogP contribution in [-0.4, -0.2) is 40.8 Å². The predicted molar refractivity (Wildman–Crippen MR) is 92.6 cm³/mol. The minimum absolute atomic E-state index is 0.132. The molecule has 0 bridgehead atoms. The van der Waals surface area contributed by atoms with E-state index in [9.17, 15) is 4.79 Å². The number of amides is 1. The van der Waals surface area contributed by atoms with Gasteiger partial charge in [-0.15, -0.1) is 0 Å². The fraction of sp³-hybridized carbons (Fsp3) is 0.474. The molecular formula is C19H23N3O3. The molecule has 3 heterocycles. The lowest BCUT2D eigenvalue weighted by molar-refractivity contribution is -0.137. The molecule has 0 spiro atoms. The van der Waals surface area contributed by atoms with Gasteiger partial charge in [0.2, 0.25) is 5.91 Å². The number of nitrogens with zero attached hydrogens (tertiary/aromatic N) is 3. The Kier molecular flexibility index (Phi) is 4.11. The molecule has 0 unspecified atom stereocenters. The van der Waals surface area contributed by atoms with Crippen LogP contribution in [0.25, 0.3) is 0 Å². The average Bonchev–Trinajstić information content (AvgIpc) is 3.28. The number of carbonyl (C=O) groups excluding carboxylic acids is 1. The number of aromatic nitrogens is 2. The minimum Gasteiger partial charge on any atom is -0.493 e. The predicted octanol–water partition coefficient (Wildman–Crippen LogP) is 2.34. The van der Waals surface area contributed by atoms with Crippen molar-refractivity contribution in [3.63, 3.8) is 0 Å². The van der Waals surface area contributed by atoms with Crippen LogP contribution in [0.1, 0.15) is 30.0 Å². The Labute approximate surface area is 147 Å². The smallest absolute Gasteiger partial charge is 0.229 e. The summed E-state index contributed by atoms with van der Waals surface area (Å²) >= 11 is 0. The second kappa shape index (κ2) is 6.43. The molecule has 1 saturated heterocycles. The van der Waals surface area contributed by atoms with Crippen LogP contribution in [0.2, 0.25) is 0 Å². The second-order valence-corrected chi connectivity index (χ2v) is 6.80. The molecule has 1 fully saturated rings. The van der Waals surface area contributed by atoms with Crippen LogP contribution < -0.4 is 9.47 Å². The van der Waals surface area contributed by atoms with Gasteiger partial charge in [0, 0.05) is 25.4 Å². The monoisotopic (exact) mass is 341 g/mol. The number of carbonyl (C=O) groups is 1. The van der Waals surface area contributed by atoms with E-state index in [1.807, 2.05) is 42.5 Å². The molecule has 6 heteroatoms. The van der Waals surface area contributed by atoms with Crippen molar-refractivity contribution in [3.05, 3.63) is 41.7 Å². The quantitative estimate of drug-likeness (QED) is 0.860. The standard InChI is InChI=1S/C19H23N3O3/c1-21-11-15(10-20-21)16-6-4-8-22(16)19(23)14-9-13-5-3-7-17(24-2)18(13)25-12-14/h3,5,7,10-11,14,16H,4,6,8-9,12H2,1-2H3/t14-,16+/m0/s1. The summed E-state index contributed by atoms with van der Waals surface area (Å²) in [5, 5.41) is 4.26. The Morgan fingerprint density at radius 3 is 3.04 bits per heavy atom. The van der Waals surface area contributed by atoms with Crippen molar-refractivity contribution in [2.24, 2.45) is 13.0 Å². The fourth-order valence-electron chi connectivity index (χ4n) is 3.94. The third kappa shape index (κ3) is 2.86. The first kappa shape index (κ1) is 16.0. The summed E-state index contributed by atoms with van der Waals surface area (Å²) < 4.78 is 13.0. The van der Waals surface area contributed by atoms with Gasteiger partial charge >= 0.3 is 0 Å². The lowest BCUT2D eigenvalue weighted by Crippen LogP contribution is -2.40. The molecule has 0 N–H and O–H groups in total. The Hall–Kier alpha value is -2.50. The maximum Gasteiger partial charge on any atom is 0.229 e. The van der Waals surface area contributed by atoms with Gasteiger partial charge in [-0.25, -0.2) is 0 Å². The Morgan fingerprint density at radius 2 is 2.28 bits per heavy atom. The van der Waals surface area contributed by atoms with Crippen LogP contribution in [0.15, 0.2) is 30.6 Å². The normalized spacial score (nSPS) is 22.4. The van der Waals surface area contributed by atoms with Gasteiger partial charge in [0.1, 0.15) is 6.61 Å². The van der Waals surface area contributed by atoms with E-state index < -0.39 is 0 Å². The van der Waals surface area contributed by atoms with Gasteiger partial charge in [-0.1, -0.05) is 12.1 Å². The van der Waals surface area contributed by atoms with Gasteiger partial charge in [0.15, 0.2) is 11.5 Å². The summed E-state index contributed by atoms with van der Waals surface area (Å²) in [7, 11) is 3.54. The van der Waals surface area contributed by atoms with Crippen LogP contribution in [0, 0.1) is 5.92 Å². The van der Waals surface area contributed by atoms with Crippen molar-refractivity contribution >= 4 is 5.91 Å².